The largest absolute Gasteiger partial charge is 0.352 e. The molecule has 1 unspecified atom stereocenters. The molecule has 1 saturated heterocycles. The molecule has 0 saturated carbocycles. The zero-order valence-electron chi connectivity index (χ0n) is 19.4. The van der Waals surface area contributed by atoms with Crippen LogP contribution in [0.1, 0.15) is 47.8 Å². The molecule has 168 valence electrons. The minimum Gasteiger partial charge on any atom is -0.352 e. The highest BCUT2D eigenvalue weighted by atomic mass is 16.1. The van der Waals surface area contributed by atoms with Crippen LogP contribution in [0.3, 0.4) is 0 Å². The summed E-state index contributed by atoms with van der Waals surface area (Å²) in [5.74, 6) is 0.0207. The van der Waals surface area contributed by atoms with Gasteiger partial charge in [0.15, 0.2) is 0 Å². The lowest BCUT2D eigenvalue weighted by Crippen LogP contribution is -2.47. The minimum atomic E-state index is 0.0207. The predicted molar refractivity (Wildman–Crippen MR) is 128 cm³/mol. The molecule has 31 heavy (non-hydrogen) atoms. The fourth-order valence-corrected chi connectivity index (χ4v) is 4.27. The van der Waals surface area contributed by atoms with Crippen LogP contribution in [0.2, 0.25) is 0 Å². The number of amides is 1. The summed E-state index contributed by atoms with van der Waals surface area (Å²) in [6.07, 6.45) is 0.957. The summed E-state index contributed by atoms with van der Waals surface area (Å²) in [6.45, 7) is 12.3. The molecule has 1 aliphatic rings. The zero-order chi connectivity index (χ0) is 22.1. The molecule has 1 amide bonds. The maximum Gasteiger partial charge on any atom is 0.251 e. The smallest absolute Gasteiger partial charge is 0.251 e. The SMILES string of the molecule is CCN(CC)Cc1ccc(C(=O)NCCCN2CCN(C)CC2c2ccccc2)cc1. The van der Waals surface area contributed by atoms with E-state index in [-0.39, 0.29) is 5.91 Å². The second-order valence-corrected chi connectivity index (χ2v) is 8.49. The first-order valence-electron chi connectivity index (χ1n) is 11.7. The van der Waals surface area contributed by atoms with Crippen LogP contribution in [-0.2, 0) is 6.54 Å². The van der Waals surface area contributed by atoms with Crippen LogP contribution in [0.15, 0.2) is 54.6 Å². The second kappa shape index (κ2) is 12.0. The Morgan fingerprint density at radius 1 is 1.03 bits per heavy atom. The fourth-order valence-electron chi connectivity index (χ4n) is 4.27. The van der Waals surface area contributed by atoms with Crippen molar-refractivity contribution in [3.05, 3.63) is 71.3 Å². The number of benzene rings is 2. The van der Waals surface area contributed by atoms with Crippen molar-refractivity contribution in [3.8, 4) is 0 Å². The second-order valence-electron chi connectivity index (χ2n) is 8.49. The summed E-state index contributed by atoms with van der Waals surface area (Å²) >= 11 is 0. The van der Waals surface area contributed by atoms with Gasteiger partial charge in [0.2, 0.25) is 0 Å². The monoisotopic (exact) mass is 422 g/mol. The highest BCUT2D eigenvalue weighted by Gasteiger charge is 2.25. The molecule has 2 aromatic carbocycles. The Kier molecular flexibility index (Phi) is 9.07. The number of rotatable bonds is 10. The van der Waals surface area contributed by atoms with Crippen LogP contribution in [0.25, 0.3) is 0 Å². The van der Waals surface area contributed by atoms with Crippen LogP contribution in [0, 0.1) is 0 Å². The summed E-state index contributed by atoms with van der Waals surface area (Å²) < 4.78 is 0. The van der Waals surface area contributed by atoms with Gasteiger partial charge in [0.1, 0.15) is 0 Å². The lowest BCUT2D eigenvalue weighted by atomic mass is 10.0. The van der Waals surface area contributed by atoms with E-state index < -0.39 is 0 Å². The van der Waals surface area contributed by atoms with Gasteiger partial charge in [-0.2, -0.15) is 0 Å². The van der Waals surface area contributed by atoms with E-state index in [1.165, 1.54) is 11.1 Å². The summed E-state index contributed by atoms with van der Waals surface area (Å²) in [5, 5.41) is 3.10. The van der Waals surface area contributed by atoms with Gasteiger partial charge in [-0.25, -0.2) is 0 Å². The van der Waals surface area contributed by atoms with Gasteiger partial charge in [-0.3, -0.25) is 14.6 Å². The number of likely N-dealkylation sites (N-methyl/N-ethyl adjacent to an activating group) is 1. The number of nitrogens with zero attached hydrogens (tertiary/aromatic N) is 3. The highest BCUT2D eigenvalue weighted by Crippen LogP contribution is 2.24. The number of piperazine rings is 1. The van der Waals surface area contributed by atoms with Crippen molar-refractivity contribution in [2.45, 2.75) is 32.9 Å². The van der Waals surface area contributed by atoms with E-state index in [0.717, 1.165) is 57.8 Å². The average Bonchev–Trinajstić information content (AvgIpc) is 2.81. The van der Waals surface area contributed by atoms with E-state index in [9.17, 15) is 4.79 Å². The van der Waals surface area contributed by atoms with Gasteiger partial charge in [-0.1, -0.05) is 56.3 Å². The van der Waals surface area contributed by atoms with E-state index >= 15 is 0 Å². The molecule has 5 heteroatoms. The Morgan fingerprint density at radius 2 is 1.74 bits per heavy atom. The zero-order valence-corrected chi connectivity index (χ0v) is 19.4. The topological polar surface area (TPSA) is 38.8 Å². The van der Waals surface area contributed by atoms with Crippen molar-refractivity contribution in [2.75, 3.05) is 52.9 Å². The molecule has 1 fully saturated rings. The number of nitrogens with one attached hydrogen (secondary N) is 1. The Labute approximate surface area is 188 Å². The van der Waals surface area contributed by atoms with Crippen LogP contribution >= 0.6 is 0 Å². The summed E-state index contributed by atoms with van der Waals surface area (Å²) in [4.78, 5) is 19.9. The first-order valence-corrected chi connectivity index (χ1v) is 11.7. The lowest BCUT2D eigenvalue weighted by Gasteiger charge is -2.40. The summed E-state index contributed by atoms with van der Waals surface area (Å²) in [6, 6.07) is 19.2. The molecule has 1 N–H and O–H groups in total. The minimum absolute atomic E-state index is 0.0207. The quantitative estimate of drug-likeness (QED) is 0.594. The molecule has 5 nitrogen and oxygen atoms in total. The molecule has 0 bridgehead atoms. The highest BCUT2D eigenvalue weighted by molar-refractivity contribution is 5.94. The van der Waals surface area contributed by atoms with Crippen molar-refractivity contribution in [3.63, 3.8) is 0 Å². The third kappa shape index (κ3) is 6.89. The first kappa shape index (κ1) is 23.5. The molecule has 0 aliphatic carbocycles. The van der Waals surface area contributed by atoms with Crippen molar-refractivity contribution < 1.29 is 4.79 Å². The van der Waals surface area contributed by atoms with Crippen LogP contribution in [0.5, 0.6) is 0 Å². The van der Waals surface area contributed by atoms with Crippen molar-refractivity contribution in [2.24, 2.45) is 0 Å². The van der Waals surface area contributed by atoms with E-state index in [1.807, 2.05) is 12.1 Å². The van der Waals surface area contributed by atoms with Crippen LogP contribution < -0.4 is 5.32 Å². The molecule has 0 spiro atoms. The van der Waals surface area contributed by atoms with Crippen molar-refractivity contribution in [1.29, 1.82) is 0 Å². The third-order valence-corrected chi connectivity index (χ3v) is 6.30. The van der Waals surface area contributed by atoms with Crippen LogP contribution in [-0.4, -0.2) is 73.5 Å². The Bertz CT molecular complexity index is 789. The van der Waals surface area contributed by atoms with Crippen molar-refractivity contribution >= 4 is 5.91 Å². The van der Waals surface area contributed by atoms with Gasteiger partial charge in [-0.05, 0) is 49.8 Å². The molecule has 1 atom stereocenters. The Hall–Kier alpha value is -2.21. The van der Waals surface area contributed by atoms with E-state index in [1.54, 1.807) is 0 Å². The lowest BCUT2D eigenvalue weighted by molar-refractivity contribution is 0.0866. The molecule has 0 radical (unpaired) electrons. The molecule has 0 aromatic heterocycles. The standard InChI is InChI=1S/C26H38N4O/c1-4-29(5-2)20-22-12-14-24(15-13-22)26(31)27-16-9-17-30-19-18-28(3)21-25(30)23-10-7-6-8-11-23/h6-8,10-15,25H,4-5,9,16-21H2,1-3H3,(H,27,31). The number of hydrogen-bond acceptors (Lipinski definition) is 4. The molecular formula is C26H38N4O. The molecule has 1 aliphatic heterocycles. The van der Waals surface area contributed by atoms with Gasteiger partial charge in [0, 0.05) is 50.9 Å². The van der Waals surface area contributed by atoms with Gasteiger partial charge < -0.3 is 10.2 Å². The normalized spacial score (nSPS) is 17.7. The van der Waals surface area contributed by atoms with Gasteiger partial charge in [-0.15, -0.1) is 0 Å². The molecule has 2 aromatic rings. The molecular weight excluding hydrogens is 384 g/mol. The third-order valence-electron chi connectivity index (χ3n) is 6.30. The van der Waals surface area contributed by atoms with Crippen molar-refractivity contribution in [1.82, 2.24) is 20.0 Å². The number of carbonyl (C=O) groups excluding carboxylic acids is 1. The Morgan fingerprint density at radius 3 is 2.42 bits per heavy atom. The number of hydrogen-bond donors (Lipinski definition) is 1. The number of carbonyl (C=O) groups is 1. The average molecular weight is 423 g/mol. The van der Waals surface area contributed by atoms with E-state index in [0.29, 0.717) is 12.6 Å². The van der Waals surface area contributed by atoms with Gasteiger partial charge in [0.25, 0.3) is 5.91 Å². The summed E-state index contributed by atoms with van der Waals surface area (Å²) in [5.41, 5.74) is 3.37. The van der Waals surface area contributed by atoms with Crippen LogP contribution in [0.4, 0.5) is 0 Å². The molecule has 3 rings (SSSR count). The molecule has 1 heterocycles. The summed E-state index contributed by atoms with van der Waals surface area (Å²) in [7, 11) is 2.20. The first-order chi connectivity index (χ1) is 15.1. The Balaban J connectivity index is 1.45. The fraction of sp³-hybridized carbons (Fsp3) is 0.500. The predicted octanol–water partition coefficient (Wildman–Crippen LogP) is 3.64. The van der Waals surface area contributed by atoms with Gasteiger partial charge in [0.05, 0.1) is 0 Å². The van der Waals surface area contributed by atoms with E-state index in [2.05, 4.69) is 83.4 Å². The maximum atomic E-state index is 12.5. The van der Waals surface area contributed by atoms with Gasteiger partial charge >= 0.3 is 0 Å². The van der Waals surface area contributed by atoms with E-state index in [4.69, 9.17) is 0 Å². The maximum absolute atomic E-state index is 12.5.